The molecule has 0 bridgehead atoms. The quantitative estimate of drug-likeness (QED) is 0.0492. The number of esters is 2. The van der Waals surface area contributed by atoms with Gasteiger partial charge in [0.05, 0.1) is 6.61 Å². The zero-order valence-corrected chi connectivity index (χ0v) is 24.3. The molecule has 0 aliphatic rings. The second kappa shape index (κ2) is 25.1. The van der Waals surface area contributed by atoms with E-state index in [2.05, 4.69) is 30.5 Å². The maximum atomic E-state index is 12.2. The molecule has 0 aromatic heterocycles. The van der Waals surface area contributed by atoms with Crippen LogP contribution in [-0.4, -0.2) is 41.0 Å². The number of allylic oxidation sites excluding steroid dienone is 2. The summed E-state index contributed by atoms with van der Waals surface area (Å²) in [6, 6.07) is 0. The molecule has 8 nitrogen and oxygen atoms in total. The minimum absolute atomic E-state index is 0.204. The molecule has 0 fully saturated rings. The summed E-state index contributed by atoms with van der Waals surface area (Å²) in [5.74, 6) is -0.915. The van der Waals surface area contributed by atoms with E-state index < -0.39 is 32.5 Å². The van der Waals surface area contributed by atoms with Crippen LogP contribution in [0.2, 0.25) is 0 Å². The molecule has 0 saturated carbocycles. The van der Waals surface area contributed by atoms with Crippen molar-refractivity contribution < 1.29 is 37.9 Å². The average Bonchev–Trinajstić information content (AvgIpc) is 2.85. The third-order valence-electron chi connectivity index (χ3n) is 6.03. The molecule has 0 aromatic carbocycles. The SMILES string of the molecule is CCCCCCCC/C=C\CCCCCCCC(=O)OC(COC(=O)CCCCCC)COP(=O)(O)O. The smallest absolute Gasteiger partial charge is 0.462 e. The van der Waals surface area contributed by atoms with E-state index >= 15 is 0 Å². The zero-order chi connectivity index (χ0) is 27.6. The molecule has 0 heterocycles. The second-order valence-electron chi connectivity index (χ2n) is 9.73. The Bertz CT molecular complexity index is 632. The molecule has 218 valence electrons. The largest absolute Gasteiger partial charge is 0.469 e. The van der Waals surface area contributed by atoms with Gasteiger partial charge in [0.1, 0.15) is 6.61 Å². The summed E-state index contributed by atoms with van der Waals surface area (Å²) in [6.45, 7) is 3.49. The van der Waals surface area contributed by atoms with E-state index in [9.17, 15) is 14.2 Å². The van der Waals surface area contributed by atoms with Crippen LogP contribution in [0.5, 0.6) is 0 Å². The van der Waals surface area contributed by atoms with E-state index in [1.807, 2.05) is 0 Å². The molecular weight excluding hydrogens is 495 g/mol. The number of carbonyl (C=O) groups is 2. The highest BCUT2D eigenvalue weighted by atomic mass is 31.2. The molecule has 37 heavy (non-hydrogen) atoms. The van der Waals surface area contributed by atoms with Crippen LogP contribution in [0.3, 0.4) is 0 Å². The summed E-state index contributed by atoms with van der Waals surface area (Å²) < 4.78 is 25.9. The number of phosphoric ester groups is 1. The van der Waals surface area contributed by atoms with E-state index in [-0.39, 0.29) is 19.4 Å². The molecule has 9 heteroatoms. The maximum absolute atomic E-state index is 12.2. The fourth-order valence-electron chi connectivity index (χ4n) is 3.84. The van der Waals surface area contributed by atoms with Crippen LogP contribution in [0.1, 0.15) is 136 Å². The van der Waals surface area contributed by atoms with E-state index in [0.29, 0.717) is 12.8 Å². The minimum Gasteiger partial charge on any atom is -0.462 e. The summed E-state index contributed by atoms with van der Waals surface area (Å²) >= 11 is 0. The normalized spacial score (nSPS) is 12.6. The molecule has 0 aliphatic carbocycles. The van der Waals surface area contributed by atoms with Gasteiger partial charge in [0, 0.05) is 12.8 Å². The average molecular weight is 549 g/mol. The third-order valence-corrected chi connectivity index (χ3v) is 6.52. The Labute approximate surface area is 225 Å². The maximum Gasteiger partial charge on any atom is 0.469 e. The first-order valence-electron chi connectivity index (χ1n) is 14.5. The van der Waals surface area contributed by atoms with Crippen molar-refractivity contribution >= 4 is 19.8 Å². The lowest BCUT2D eigenvalue weighted by Crippen LogP contribution is -2.29. The van der Waals surface area contributed by atoms with E-state index in [1.54, 1.807) is 0 Å². The summed E-state index contributed by atoms with van der Waals surface area (Å²) in [7, 11) is -4.73. The molecule has 1 unspecified atom stereocenters. The van der Waals surface area contributed by atoms with Crippen LogP contribution in [0.15, 0.2) is 12.2 Å². The van der Waals surface area contributed by atoms with Gasteiger partial charge < -0.3 is 19.3 Å². The van der Waals surface area contributed by atoms with E-state index in [4.69, 9.17) is 19.3 Å². The van der Waals surface area contributed by atoms with Gasteiger partial charge in [-0.3, -0.25) is 14.1 Å². The van der Waals surface area contributed by atoms with Gasteiger partial charge in [-0.1, -0.05) is 96.6 Å². The van der Waals surface area contributed by atoms with Crippen molar-refractivity contribution in [3.63, 3.8) is 0 Å². The van der Waals surface area contributed by atoms with Crippen molar-refractivity contribution in [1.29, 1.82) is 0 Å². The van der Waals surface area contributed by atoms with Crippen LogP contribution in [0, 0.1) is 0 Å². The summed E-state index contributed by atoms with van der Waals surface area (Å²) in [6.07, 6.45) is 22.8. The van der Waals surface area contributed by atoms with E-state index in [0.717, 1.165) is 51.4 Å². The van der Waals surface area contributed by atoms with Gasteiger partial charge in [-0.15, -0.1) is 0 Å². The van der Waals surface area contributed by atoms with Crippen molar-refractivity contribution in [2.75, 3.05) is 13.2 Å². The summed E-state index contributed by atoms with van der Waals surface area (Å²) in [4.78, 5) is 41.9. The number of unbranched alkanes of at least 4 members (excludes halogenated alkanes) is 14. The number of carbonyl (C=O) groups excluding carboxylic acids is 2. The standard InChI is InChI=1S/C28H53O8P/c1-3-5-7-9-10-11-12-13-14-15-16-17-18-19-21-23-28(30)36-26(25-35-37(31,32)33)24-34-27(29)22-20-8-6-4-2/h13-14,26H,3-12,15-25H2,1-2H3,(H2,31,32,33)/b14-13-. The first-order chi connectivity index (χ1) is 17.8. The van der Waals surface area contributed by atoms with Gasteiger partial charge in [-0.2, -0.15) is 0 Å². The van der Waals surface area contributed by atoms with Gasteiger partial charge in [0.2, 0.25) is 0 Å². The minimum atomic E-state index is -4.73. The van der Waals surface area contributed by atoms with Gasteiger partial charge in [0.25, 0.3) is 0 Å². The lowest BCUT2D eigenvalue weighted by molar-refractivity contribution is -0.161. The van der Waals surface area contributed by atoms with Gasteiger partial charge in [0.15, 0.2) is 6.10 Å². The number of rotatable bonds is 26. The van der Waals surface area contributed by atoms with Crippen molar-refractivity contribution in [2.45, 2.75) is 142 Å². The van der Waals surface area contributed by atoms with Crippen molar-refractivity contribution in [3.8, 4) is 0 Å². The van der Waals surface area contributed by atoms with Gasteiger partial charge >= 0.3 is 19.8 Å². The molecular formula is C28H53O8P. The number of phosphoric acid groups is 1. The Balaban J connectivity index is 3.97. The molecule has 0 aliphatic heterocycles. The number of hydrogen-bond acceptors (Lipinski definition) is 6. The first-order valence-corrected chi connectivity index (χ1v) is 16.0. The molecule has 0 amide bonds. The highest BCUT2D eigenvalue weighted by molar-refractivity contribution is 7.46. The predicted octanol–water partition coefficient (Wildman–Crippen LogP) is 7.56. The molecule has 0 aromatic rings. The monoisotopic (exact) mass is 548 g/mol. The molecule has 1 atom stereocenters. The van der Waals surface area contributed by atoms with Gasteiger partial charge in [-0.25, -0.2) is 4.57 Å². The molecule has 0 rings (SSSR count). The second-order valence-corrected chi connectivity index (χ2v) is 11.0. The Morgan fingerprint density at radius 1 is 0.676 bits per heavy atom. The van der Waals surface area contributed by atoms with Crippen molar-refractivity contribution in [1.82, 2.24) is 0 Å². The van der Waals surface area contributed by atoms with Crippen LogP contribution in [-0.2, 0) is 28.2 Å². The topological polar surface area (TPSA) is 119 Å². The highest BCUT2D eigenvalue weighted by Gasteiger charge is 2.22. The lowest BCUT2D eigenvalue weighted by atomic mass is 10.1. The Kier molecular flexibility index (Phi) is 24.3. The lowest BCUT2D eigenvalue weighted by Gasteiger charge is -2.18. The Morgan fingerprint density at radius 2 is 1.14 bits per heavy atom. The van der Waals surface area contributed by atoms with Crippen molar-refractivity contribution in [3.05, 3.63) is 12.2 Å². The fraction of sp³-hybridized carbons (Fsp3) is 0.857. The van der Waals surface area contributed by atoms with Crippen LogP contribution >= 0.6 is 7.82 Å². The van der Waals surface area contributed by atoms with Crippen LogP contribution < -0.4 is 0 Å². The number of hydrogen-bond donors (Lipinski definition) is 2. The summed E-state index contributed by atoms with van der Waals surface area (Å²) in [5.41, 5.74) is 0. The summed E-state index contributed by atoms with van der Waals surface area (Å²) in [5, 5.41) is 0. The Hall–Kier alpha value is -1.21. The molecule has 0 saturated heterocycles. The highest BCUT2D eigenvalue weighted by Crippen LogP contribution is 2.35. The van der Waals surface area contributed by atoms with Gasteiger partial charge in [-0.05, 0) is 38.5 Å². The molecule has 0 spiro atoms. The fourth-order valence-corrected chi connectivity index (χ4v) is 4.20. The molecule has 2 N–H and O–H groups in total. The number of ether oxygens (including phenoxy) is 2. The first kappa shape index (κ1) is 35.8. The zero-order valence-electron chi connectivity index (χ0n) is 23.4. The molecule has 0 radical (unpaired) electrons. The third kappa shape index (κ3) is 27.6. The van der Waals surface area contributed by atoms with Crippen LogP contribution in [0.4, 0.5) is 0 Å². The van der Waals surface area contributed by atoms with Crippen LogP contribution in [0.25, 0.3) is 0 Å². The van der Waals surface area contributed by atoms with E-state index in [1.165, 1.54) is 44.9 Å². The van der Waals surface area contributed by atoms with Crippen molar-refractivity contribution in [2.24, 2.45) is 0 Å². The Morgan fingerprint density at radius 3 is 1.68 bits per heavy atom. The predicted molar refractivity (Wildman–Crippen MR) is 147 cm³/mol.